The molecule has 74 valence electrons. The van der Waals surface area contributed by atoms with Crippen LogP contribution in [0.25, 0.3) is 0 Å². The van der Waals surface area contributed by atoms with Crippen LogP contribution in [0.2, 0.25) is 0 Å². The Morgan fingerprint density at radius 3 is 2.57 bits per heavy atom. The lowest BCUT2D eigenvalue weighted by Crippen LogP contribution is -2.22. The van der Waals surface area contributed by atoms with E-state index in [1.165, 1.54) is 17.2 Å². The number of carbonyl (C=O) groups is 1. The van der Waals surface area contributed by atoms with Gasteiger partial charge in [-0.2, -0.15) is 5.06 Å². The Bertz CT molecular complexity index is 347. The molecule has 0 aliphatic carbocycles. The van der Waals surface area contributed by atoms with Crippen LogP contribution in [0.5, 0.6) is 5.75 Å². The van der Waals surface area contributed by atoms with Gasteiger partial charge in [-0.05, 0) is 31.2 Å². The molecule has 4 nitrogen and oxygen atoms in total. The highest BCUT2D eigenvalue weighted by Gasteiger charge is 2.28. The van der Waals surface area contributed by atoms with Crippen molar-refractivity contribution in [1.82, 2.24) is 0 Å². The highest BCUT2D eigenvalue weighted by Crippen LogP contribution is 2.24. The maximum absolute atomic E-state index is 11.4. The van der Waals surface area contributed by atoms with E-state index < -0.39 is 0 Å². The maximum Gasteiger partial charge on any atom is 0.253 e. The zero-order chi connectivity index (χ0) is 10.1. The van der Waals surface area contributed by atoms with Crippen molar-refractivity contribution >= 4 is 11.6 Å². The second-order valence-electron chi connectivity index (χ2n) is 3.32. The third kappa shape index (κ3) is 1.56. The molecule has 2 rings (SSSR count). The molecule has 1 atom stereocenters. The van der Waals surface area contributed by atoms with Gasteiger partial charge in [0, 0.05) is 0 Å². The van der Waals surface area contributed by atoms with Crippen molar-refractivity contribution in [3.63, 3.8) is 0 Å². The summed E-state index contributed by atoms with van der Waals surface area (Å²) in [5.74, 6) is 0.122. The van der Waals surface area contributed by atoms with Gasteiger partial charge in [0.2, 0.25) is 0 Å². The molecule has 0 radical (unpaired) electrons. The number of aromatic hydroxyl groups is 1. The quantitative estimate of drug-likeness (QED) is 0.734. The van der Waals surface area contributed by atoms with Crippen molar-refractivity contribution in [3.05, 3.63) is 24.3 Å². The van der Waals surface area contributed by atoms with E-state index in [9.17, 15) is 4.79 Å². The summed E-state index contributed by atoms with van der Waals surface area (Å²) in [6.45, 7) is 1.85. The SMILES string of the molecule is CC1CC(=O)N(c2ccc(O)cc2)O1. The number of hydroxylamine groups is 1. The van der Waals surface area contributed by atoms with Crippen LogP contribution in [0, 0.1) is 0 Å². The number of phenolic OH excluding ortho intramolecular Hbond substituents is 1. The van der Waals surface area contributed by atoms with Crippen LogP contribution >= 0.6 is 0 Å². The summed E-state index contributed by atoms with van der Waals surface area (Å²) >= 11 is 0. The van der Waals surface area contributed by atoms with Crippen LogP contribution in [0.1, 0.15) is 13.3 Å². The van der Waals surface area contributed by atoms with Gasteiger partial charge in [-0.1, -0.05) is 0 Å². The van der Waals surface area contributed by atoms with Gasteiger partial charge in [0.1, 0.15) is 5.75 Å². The number of phenols is 1. The van der Waals surface area contributed by atoms with E-state index in [1.54, 1.807) is 12.1 Å². The van der Waals surface area contributed by atoms with Crippen molar-refractivity contribution in [2.75, 3.05) is 5.06 Å². The van der Waals surface area contributed by atoms with Gasteiger partial charge >= 0.3 is 0 Å². The van der Waals surface area contributed by atoms with Crippen LogP contribution in [-0.4, -0.2) is 17.1 Å². The second-order valence-corrected chi connectivity index (χ2v) is 3.32. The molecule has 0 bridgehead atoms. The van der Waals surface area contributed by atoms with Gasteiger partial charge in [0.25, 0.3) is 5.91 Å². The van der Waals surface area contributed by atoms with Crippen LogP contribution < -0.4 is 5.06 Å². The number of hydrogen-bond donors (Lipinski definition) is 1. The zero-order valence-corrected chi connectivity index (χ0v) is 7.80. The Morgan fingerprint density at radius 1 is 1.43 bits per heavy atom. The molecule has 0 spiro atoms. The fourth-order valence-corrected chi connectivity index (χ4v) is 1.40. The molecule has 1 heterocycles. The Morgan fingerprint density at radius 2 is 2.07 bits per heavy atom. The molecule has 1 saturated heterocycles. The number of hydrogen-bond acceptors (Lipinski definition) is 3. The standard InChI is InChI=1S/C10H11NO3/c1-7-6-10(13)11(14-7)8-2-4-9(12)5-3-8/h2-5,7,12H,6H2,1H3. The van der Waals surface area contributed by atoms with Gasteiger partial charge in [0.15, 0.2) is 0 Å². The van der Waals surface area contributed by atoms with Crippen molar-refractivity contribution in [2.45, 2.75) is 19.4 Å². The summed E-state index contributed by atoms with van der Waals surface area (Å²) < 4.78 is 0. The Hall–Kier alpha value is -1.55. The first-order valence-electron chi connectivity index (χ1n) is 4.45. The number of benzene rings is 1. The molecule has 14 heavy (non-hydrogen) atoms. The molecular formula is C10H11NO3. The minimum Gasteiger partial charge on any atom is -0.508 e. The smallest absolute Gasteiger partial charge is 0.253 e. The predicted molar refractivity (Wildman–Crippen MR) is 50.8 cm³/mol. The first-order chi connectivity index (χ1) is 6.66. The lowest BCUT2D eigenvalue weighted by molar-refractivity contribution is -0.119. The molecule has 0 aromatic heterocycles. The van der Waals surface area contributed by atoms with Gasteiger partial charge in [-0.3, -0.25) is 9.63 Å². The first-order valence-corrected chi connectivity index (χ1v) is 4.45. The van der Waals surface area contributed by atoms with Gasteiger partial charge in [0.05, 0.1) is 18.2 Å². The van der Waals surface area contributed by atoms with E-state index in [0.717, 1.165) is 0 Å². The number of rotatable bonds is 1. The Labute approximate surface area is 81.7 Å². The molecule has 1 fully saturated rings. The normalized spacial score (nSPS) is 21.6. The molecular weight excluding hydrogens is 182 g/mol. The molecule has 1 unspecified atom stereocenters. The van der Waals surface area contributed by atoms with Crippen LogP contribution in [0.3, 0.4) is 0 Å². The molecule has 4 heteroatoms. The average Bonchev–Trinajstić information content (AvgIpc) is 2.47. The molecule has 1 amide bonds. The summed E-state index contributed by atoms with van der Waals surface area (Å²) in [6, 6.07) is 6.33. The zero-order valence-electron chi connectivity index (χ0n) is 7.80. The molecule has 1 N–H and O–H groups in total. The maximum atomic E-state index is 11.4. The van der Waals surface area contributed by atoms with Crippen molar-refractivity contribution in [1.29, 1.82) is 0 Å². The number of nitrogens with zero attached hydrogens (tertiary/aromatic N) is 1. The molecule has 1 aromatic rings. The number of amides is 1. The third-order valence-corrected chi connectivity index (χ3v) is 2.06. The van der Waals surface area contributed by atoms with Crippen molar-refractivity contribution in [2.24, 2.45) is 0 Å². The molecule has 1 aliphatic rings. The van der Waals surface area contributed by atoms with Crippen LogP contribution in [0.15, 0.2) is 24.3 Å². The van der Waals surface area contributed by atoms with Crippen LogP contribution in [-0.2, 0) is 9.63 Å². The van der Waals surface area contributed by atoms with E-state index in [4.69, 9.17) is 9.94 Å². The Kier molecular flexibility index (Phi) is 2.13. The fraction of sp³-hybridized carbons (Fsp3) is 0.300. The highest BCUT2D eigenvalue weighted by atomic mass is 16.7. The van der Waals surface area contributed by atoms with E-state index in [0.29, 0.717) is 12.1 Å². The van der Waals surface area contributed by atoms with Gasteiger partial charge in [-0.25, -0.2) is 0 Å². The lowest BCUT2D eigenvalue weighted by Gasteiger charge is -2.14. The third-order valence-electron chi connectivity index (χ3n) is 2.06. The second kappa shape index (κ2) is 3.31. The van der Waals surface area contributed by atoms with Crippen LogP contribution in [0.4, 0.5) is 5.69 Å². The fourth-order valence-electron chi connectivity index (χ4n) is 1.40. The van der Waals surface area contributed by atoms with E-state index >= 15 is 0 Å². The minimum atomic E-state index is -0.0729. The summed E-state index contributed by atoms with van der Waals surface area (Å²) in [5, 5.41) is 10.3. The minimum absolute atomic E-state index is 0.0526. The summed E-state index contributed by atoms with van der Waals surface area (Å²) in [6.07, 6.45) is 0.331. The summed E-state index contributed by atoms with van der Waals surface area (Å²) in [7, 11) is 0. The number of carbonyl (C=O) groups excluding carboxylic acids is 1. The molecule has 0 saturated carbocycles. The highest BCUT2D eigenvalue weighted by molar-refractivity contribution is 5.93. The largest absolute Gasteiger partial charge is 0.508 e. The summed E-state index contributed by atoms with van der Waals surface area (Å²) in [4.78, 5) is 16.7. The molecule has 1 aromatic carbocycles. The Balaban J connectivity index is 2.23. The predicted octanol–water partition coefficient (Wildman–Crippen LogP) is 1.45. The van der Waals surface area contributed by atoms with Gasteiger partial charge < -0.3 is 5.11 Å². The van der Waals surface area contributed by atoms with E-state index in [2.05, 4.69) is 0 Å². The number of anilines is 1. The topological polar surface area (TPSA) is 49.8 Å². The monoisotopic (exact) mass is 193 g/mol. The van der Waals surface area contributed by atoms with Crippen molar-refractivity contribution < 1.29 is 14.7 Å². The van der Waals surface area contributed by atoms with Gasteiger partial charge in [-0.15, -0.1) is 0 Å². The molecule has 1 aliphatic heterocycles. The summed E-state index contributed by atoms with van der Waals surface area (Å²) in [5.41, 5.74) is 0.650. The lowest BCUT2D eigenvalue weighted by atomic mass is 10.2. The van der Waals surface area contributed by atoms with Crippen molar-refractivity contribution in [3.8, 4) is 5.75 Å². The van der Waals surface area contributed by atoms with E-state index in [-0.39, 0.29) is 17.8 Å². The van der Waals surface area contributed by atoms with E-state index in [1.807, 2.05) is 6.92 Å². The first kappa shape index (κ1) is 9.02. The average molecular weight is 193 g/mol.